The van der Waals surface area contributed by atoms with Gasteiger partial charge in [0.25, 0.3) is 0 Å². The third-order valence-corrected chi connectivity index (χ3v) is 5.95. The minimum absolute atomic E-state index is 0.874. The van der Waals surface area contributed by atoms with Gasteiger partial charge >= 0.3 is 0 Å². The molecule has 0 N–H and O–H groups in total. The van der Waals surface area contributed by atoms with Crippen LogP contribution in [0.2, 0.25) is 0 Å². The molecule has 0 amide bonds. The second-order valence-electron chi connectivity index (χ2n) is 5.73. The van der Waals surface area contributed by atoms with Crippen molar-refractivity contribution in [3.8, 4) is 0 Å². The van der Waals surface area contributed by atoms with Crippen molar-refractivity contribution in [2.45, 2.75) is 32.6 Å². The number of hydrogen-bond donors (Lipinski definition) is 0. The van der Waals surface area contributed by atoms with Gasteiger partial charge in [0.2, 0.25) is 0 Å². The highest BCUT2D eigenvalue weighted by molar-refractivity contribution is 5.20. The minimum atomic E-state index is 0.874. The zero-order chi connectivity index (χ0) is 7.22. The second kappa shape index (κ2) is 1.30. The van der Waals surface area contributed by atoms with Gasteiger partial charge in [-0.1, -0.05) is 6.92 Å². The van der Waals surface area contributed by atoms with E-state index in [4.69, 9.17) is 0 Å². The molecule has 6 aliphatic carbocycles. The second-order valence-corrected chi connectivity index (χ2v) is 5.73. The van der Waals surface area contributed by atoms with Gasteiger partial charge in [-0.25, -0.2) is 0 Å². The summed E-state index contributed by atoms with van der Waals surface area (Å²) in [5, 5.41) is 0. The standard InChI is InChI=1S/C11H16/c1-11-7-2-6-3-8(11)5-10(11)9(6)4-7/h6-10H,2-5H2,1H3. The van der Waals surface area contributed by atoms with Crippen molar-refractivity contribution < 1.29 is 0 Å². The predicted octanol–water partition coefficient (Wildman–Crippen LogP) is 2.69. The van der Waals surface area contributed by atoms with E-state index in [9.17, 15) is 0 Å². The lowest BCUT2D eigenvalue weighted by Crippen LogP contribution is -2.57. The molecule has 6 saturated carbocycles. The van der Waals surface area contributed by atoms with Gasteiger partial charge in [0.15, 0.2) is 0 Å². The zero-order valence-corrected chi connectivity index (χ0v) is 7.22. The maximum Gasteiger partial charge on any atom is -0.0238 e. The monoisotopic (exact) mass is 148 g/mol. The highest BCUT2D eigenvalue weighted by atomic mass is 14.8. The molecule has 6 bridgehead atoms. The van der Waals surface area contributed by atoms with Gasteiger partial charge in [-0.2, -0.15) is 0 Å². The number of rotatable bonds is 0. The Morgan fingerprint density at radius 1 is 1.00 bits per heavy atom. The molecular weight excluding hydrogens is 132 g/mol. The summed E-state index contributed by atoms with van der Waals surface area (Å²) in [6, 6.07) is 0. The Balaban J connectivity index is 1.94. The van der Waals surface area contributed by atoms with Crippen LogP contribution >= 0.6 is 0 Å². The summed E-state index contributed by atoms with van der Waals surface area (Å²) in [6.45, 7) is 2.60. The normalized spacial score (nSPS) is 75.5. The predicted molar refractivity (Wildman–Crippen MR) is 44.0 cm³/mol. The van der Waals surface area contributed by atoms with Gasteiger partial charge in [-0.3, -0.25) is 0 Å². The van der Waals surface area contributed by atoms with Crippen LogP contribution in [0.25, 0.3) is 0 Å². The van der Waals surface area contributed by atoms with Crippen molar-refractivity contribution in [1.82, 2.24) is 0 Å². The topological polar surface area (TPSA) is 0 Å². The SMILES string of the molecule is CC12C3CC4CC1CC2C4C3. The molecule has 0 aromatic carbocycles. The summed E-state index contributed by atoms with van der Waals surface area (Å²) in [5.41, 5.74) is 0.874. The molecule has 6 aliphatic rings. The summed E-state index contributed by atoms with van der Waals surface area (Å²) in [4.78, 5) is 0. The third kappa shape index (κ3) is 0.363. The van der Waals surface area contributed by atoms with Crippen molar-refractivity contribution >= 4 is 0 Å². The molecule has 0 aromatic heterocycles. The number of hydrogen-bond acceptors (Lipinski definition) is 0. The van der Waals surface area contributed by atoms with E-state index in [1.54, 1.807) is 25.7 Å². The molecule has 0 aliphatic heterocycles. The van der Waals surface area contributed by atoms with Crippen molar-refractivity contribution in [3.05, 3.63) is 0 Å². The maximum atomic E-state index is 2.60. The molecule has 6 fully saturated rings. The lowest BCUT2D eigenvalue weighted by atomic mass is 9.40. The van der Waals surface area contributed by atoms with Crippen LogP contribution in [-0.2, 0) is 0 Å². The van der Waals surface area contributed by atoms with Crippen molar-refractivity contribution in [2.24, 2.45) is 35.0 Å². The van der Waals surface area contributed by atoms with Gasteiger partial charge in [-0.15, -0.1) is 0 Å². The van der Waals surface area contributed by atoms with Crippen LogP contribution in [0.4, 0.5) is 0 Å². The molecule has 0 spiro atoms. The minimum Gasteiger partial charge on any atom is -0.0588 e. The fourth-order valence-corrected chi connectivity index (χ4v) is 5.37. The lowest BCUT2D eigenvalue weighted by molar-refractivity contribution is -0.159. The fraction of sp³-hybridized carbons (Fsp3) is 1.00. The molecular formula is C11H16. The molecule has 0 heterocycles. The maximum absolute atomic E-state index is 2.60. The molecule has 6 unspecified atom stereocenters. The molecule has 0 aromatic rings. The smallest absolute Gasteiger partial charge is 0.0238 e. The van der Waals surface area contributed by atoms with Gasteiger partial charge in [-0.05, 0) is 60.7 Å². The van der Waals surface area contributed by atoms with E-state index in [0.717, 1.165) is 5.41 Å². The first-order valence-corrected chi connectivity index (χ1v) is 5.30. The Hall–Kier alpha value is 0. The van der Waals surface area contributed by atoms with Crippen LogP contribution < -0.4 is 0 Å². The van der Waals surface area contributed by atoms with E-state index < -0.39 is 0 Å². The average molecular weight is 148 g/mol. The Morgan fingerprint density at radius 2 is 1.73 bits per heavy atom. The molecule has 60 valence electrons. The fourth-order valence-electron chi connectivity index (χ4n) is 5.37. The molecule has 11 heavy (non-hydrogen) atoms. The van der Waals surface area contributed by atoms with E-state index in [2.05, 4.69) is 6.92 Å². The first kappa shape index (κ1) is 5.61. The van der Waals surface area contributed by atoms with Crippen LogP contribution in [-0.4, -0.2) is 0 Å². The van der Waals surface area contributed by atoms with Crippen LogP contribution in [0.5, 0.6) is 0 Å². The van der Waals surface area contributed by atoms with Crippen molar-refractivity contribution in [1.29, 1.82) is 0 Å². The van der Waals surface area contributed by atoms with E-state index in [-0.39, 0.29) is 0 Å². The van der Waals surface area contributed by atoms with E-state index in [0.29, 0.717) is 0 Å². The van der Waals surface area contributed by atoms with Crippen LogP contribution in [0, 0.1) is 35.0 Å². The van der Waals surface area contributed by atoms with E-state index >= 15 is 0 Å². The highest BCUT2D eigenvalue weighted by Gasteiger charge is 2.71. The Kier molecular flexibility index (Phi) is 0.661. The van der Waals surface area contributed by atoms with Gasteiger partial charge in [0.1, 0.15) is 0 Å². The van der Waals surface area contributed by atoms with Crippen molar-refractivity contribution in [2.75, 3.05) is 0 Å². The summed E-state index contributed by atoms with van der Waals surface area (Å²) in [7, 11) is 0. The summed E-state index contributed by atoms with van der Waals surface area (Å²) in [5.74, 6) is 5.95. The molecule has 0 saturated heterocycles. The first-order chi connectivity index (χ1) is 5.30. The largest absolute Gasteiger partial charge is 0.0588 e. The van der Waals surface area contributed by atoms with Gasteiger partial charge < -0.3 is 0 Å². The Bertz CT molecular complexity index is 228. The molecule has 0 radical (unpaired) electrons. The molecule has 6 atom stereocenters. The van der Waals surface area contributed by atoms with Crippen molar-refractivity contribution in [3.63, 3.8) is 0 Å². The van der Waals surface area contributed by atoms with Crippen LogP contribution in [0.1, 0.15) is 32.6 Å². The Morgan fingerprint density at radius 3 is 2.27 bits per heavy atom. The van der Waals surface area contributed by atoms with E-state index in [1.807, 2.05) is 0 Å². The Labute approximate surface area is 68.4 Å². The first-order valence-electron chi connectivity index (χ1n) is 5.30. The molecule has 0 heteroatoms. The summed E-state index contributed by atoms with van der Waals surface area (Å²) >= 11 is 0. The molecule has 0 nitrogen and oxygen atoms in total. The van der Waals surface area contributed by atoms with E-state index in [1.165, 1.54) is 29.6 Å². The van der Waals surface area contributed by atoms with Gasteiger partial charge in [0, 0.05) is 0 Å². The van der Waals surface area contributed by atoms with Crippen LogP contribution in [0.15, 0.2) is 0 Å². The lowest BCUT2D eigenvalue weighted by Gasteiger charge is -2.64. The van der Waals surface area contributed by atoms with Gasteiger partial charge in [0.05, 0.1) is 0 Å². The molecule has 6 rings (SSSR count). The van der Waals surface area contributed by atoms with Crippen LogP contribution in [0.3, 0.4) is 0 Å². The summed E-state index contributed by atoms with van der Waals surface area (Å²) < 4.78 is 0. The average Bonchev–Trinajstić information content (AvgIpc) is 2.47. The summed E-state index contributed by atoms with van der Waals surface area (Å²) in [6.07, 6.45) is 6.48. The zero-order valence-electron chi connectivity index (χ0n) is 7.22. The third-order valence-electron chi connectivity index (χ3n) is 5.95. The highest BCUT2D eigenvalue weighted by Crippen LogP contribution is 2.78. The quantitative estimate of drug-likeness (QED) is 0.495.